The maximum atomic E-state index is 12.9. The fourth-order valence-corrected chi connectivity index (χ4v) is 4.31. The lowest BCUT2D eigenvalue weighted by molar-refractivity contribution is -0.182. The number of fused-ring (bicyclic) bond motifs is 2. The number of epoxide rings is 2. The molecular formula is C17H26O4. The van der Waals surface area contributed by atoms with Gasteiger partial charge in [0, 0.05) is 6.42 Å². The second-order valence-corrected chi connectivity index (χ2v) is 8.23. The Morgan fingerprint density at radius 2 is 1.52 bits per heavy atom. The lowest BCUT2D eigenvalue weighted by Crippen LogP contribution is -2.49. The van der Waals surface area contributed by atoms with Gasteiger partial charge < -0.3 is 14.2 Å². The molecule has 2 aliphatic carbocycles. The van der Waals surface area contributed by atoms with Crippen LogP contribution in [0.4, 0.5) is 0 Å². The van der Waals surface area contributed by atoms with E-state index in [0.717, 1.165) is 25.7 Å². The monoisotopic (exact) mass is 294 g/mol. The van der Waals surface area contributed by atoms with E-state index in [4.69, 9.17) is 14.2 Å². The van der Waals surface area contributed by atoms with Crippen LogP contribution in [0.5, 0.6) is 0 Å². The van der Waals surface area contributed by atoms with Gasteiger partial charge in [0.2, 0.25) is 0 Å². The van der Waals surface area contributed by atoms with Crippen molar-refractivity contribution in [1.29, 1.82) is 0 Å². The van der Waals surface area contributed by atoms with Crippen LogP contribution in [-0.4, -0.2) is 36.0 Å². The summed E-state index contributed by atoms with van der Waals surface area (Å²) in [5.41, 5.74) is -0.777. The van der Waals surface area contributed by atoms with Crippen LogP contribution < -0.4 is 0 Å². The number of hydrogen-bond donors (Lipinski definition) is 0. The van der Waals surface area contributed by atoms with Crippen LogP contribution in [0.15, 0.2) is 0 Å². The van der Waals surface area contributed by atoms with E-state index in [0.29, 0.717) is 30.1 Å². The third-order valence-electron chi connectivity index (χ3n) is 6.70. The van der Waals surface area contributed by atoms with Crippen molar-refractivity contribution in [3.8, 4) is 0 Å². The van der Waals surface area contributed by atoms with Gasteiger partial charge in [-0.1, -0.05) is 13.8 Å². The van der Waals surface area contributed by atoms with E-state index in [1.54, 1.807) is 0 Å². The number of carbonyl (C=O) groups excluding carboxylic acids is 1. The Labute approximate surface area is 126 Å². The Hall–Kier alpha value is -0.610. The first-order chi connectivity index (χ1) is 9.82. The topological polar surface area (TPSA) is 51.4 Å². The Morgan fingerprint density at radius 3 is 2.19 bits per heavy atom. The van der Waals surface area contributed by atoms with Crippen LogP contribution in [0, 0.1) is 17.3 Å². The fourth-order valence-electron chi connectivity index (χ4n) is 4.31. The molecule has 4 nitrogen and oxygen atoms in total. The zero-order valence-electron chi connectivity index (χ0n) is 13.4. The summed E-state index contributed by atoms with van der Waals surface area (Å²) in [6.45, 7) is 8.48. The molecule has 2 aliphatic heterocycles. The van der Waals surface area contributed by atoms with Crippen LogP contribution >= 0.6 is 0 Å². The molecule has 4 aliphatic rings. The molecule has 0 bridgehead atoms. The largest absolute Gasteiger partial charge is 0.459 e. The summed E-state index contributed by atoms with van der Waals surface area (Å²) < 4.78 is 17.3. The lowest BCUT2D eigenvalue weighted by Gasteiger charge is -2.42. The second kappa shape index (κ2) is 4.23. The van der Waals surface area contributed by atoms with Gasteiger partial charge in [-0.2, -0.15) is 0 Å². The number of carbonyl (C=O) groups is 1. The van der Waals surface area contributed by atoms with Crippen LogP contribution in [0.3, 0.4) is 0 Å². The molecule has 0 spiro atoms. The normalized spacial score (nSPS) is 57.9. The van der Waals surface area contributed by atoms with Crippen molar-refractivity contribution < 1.29 is 19.0 Å². The maximum absolute atomic E-state index is 12.9. The first-order valence-electron chi connectivity index (χ1n) is 8.36. The molecule has 0 N–H and O–H groups in total. The number of rotatable bonds is 2. The Morgan fingerprint density at radius 1 is 0.952 bits per heavy atom. The molecular weight excluding hydrogens is 268 g/mol. The number of hydrogen-bond acceptors (Lipinski definition) is 4. The predicted octanol–water partition coefficient (Wildman–Crippen LogP) is 2.69. The highest BCUT2D eigenvalue weighted by molar-refractivity contribution is 5.77. The van der Waals surface area contributed by atoms with Gasteiger partial charge in [-0.15, -0.1) is 0 Å². The van der Waals surface area contributed by atoms with Crippen molar-refractivity contribution in [2.75, 3.05) is 0 Å². The van der Waals surface area contributed by atoms with Gasteiger partial charge in [0.1, 0.15) is 5.60 Å². The van der Waals surface area contributed by atoms with E-state index in [1.807, 2.05) is 0 Å². The molecule has 4 heteroatoms. The summed E-state index contributed by atoms with van der Waals surface area (Å²) >= 11 is 0. The van der Waals surface area contributed by atoms with Gasteiger partial charge in [-0.3, -0.25) is 4.79 Å². The van der Waals surface area contributed by atoms with Gasteiger partial charge in [0.25, 0.3) is 0 Å². The minimum absolute atomic E-state index is 0.0302. The van der Waals surface area contributed by atoms with Crippen molar-refractivity contribution >= 4 is 5.97 Å². The summed E-state index contributed by atoms with van der Waals surface area (Å²) in [4.78, 5) is 12.9. The Balaban J connectivity index is 1.49. The summed E-state index contributed by atoms with van der Waals surface area (Å²) in [5.74, 6) is 0.649. The third-order valence-corrected chi connectivity index (χ3v) is 6.70. The molecule has 8 unspecified atom stereocenters. The predicted molar refractivity (Wildman–Crippen MR) is 76.7 cm³/mol. The molecule has 0 aromatic heterocycles. The highest BCUT2D eigenvalue weighted by atomic mass is 16.6. The minimum atomic E-state index is -0.401. The summed E-state index contributed by atoms with van der Waals surface area (Å²) in [6, 6.07) is 0. The van der Waals surface area contributed by atoms with E-state index in [9.17, 15) is 4.79 Å². The van der Waals surface area contributed by atoms with Gasteiger partial charge in [0.15, 0.2) is 0 Å². The van der Waals surface area contributed by atoms with Crippen molar-refractivity contribution in [3.63, 3.8) is 0 Å². The smallest absolute Gasteiger partial charge is 0.312 e. The summed E-state index contributed by atoms with van der Waals surface area (Å²) in [5, 5.41) is 0. The zero-order valence-corrected chi connectivity index (χ0v) is 13.4. The van der Waals surface area contributed by atoms with E-state index >= 15 is 0 Å². The quantitative estimate of drug-likeness (QED) is 0.580. The van der Waals surface area contributed by atoms with Gasteiger partial charge in [-0.05, 0) is 44.9 Å². The molecule has 8 atom stereocenters. The average molecular weight is 294 g/mol. The molecule has 2 saturated carbocycles. The van der Waals surface area contributed by atoms with Crippen LogP contribution in [-0.2, 0) is 19.0 Å². The van der Waals surface area contributed by atoms with Crippen LogP contribution in [0.25, 0.3) is 0 Å². The van der Waals surface area contributed by atoms with E-state index in [1.165, 1.54) is 0 Å². The van der Waals surface area contributed by atoms with Crippen molar-refractivity contribution in [2.45, 2.75) is 83.4 Å². The maximum Gasteiger partial charge on any atom is 0.312 e. The molecule has 0 radical (unpaired) electrons. The molecule has 0 amide bonds. The van der Waals surface area contributed by atoms with Gasteiger partial charge >= 0.3 is 5.97 Å². The van der Waals surface area contributed by atoms with E-state index in [-0.39, 0.29) is 17.7 Å². The van der Waals surface area contributed by atoms with E-state index < -0.39 is 5.41 Å². The SMILES string of the molecule is CC1CC2OC2CC1(C)OC(=O)C1(C)CC2OC2CC1C. The Kier molecular flexibility index (Phi) is 2.82. The molecule has 2 saturated heterocycles. The van der Waals surface area contributed by atoms with Gasteiger partial charge in [-0.25, -0.2) is 0 Å². The van der Waals surface area contributed by atoms with Crippen LogP contribution in [0.1, 0.15) is 53.4 Å². The first-order valence-corrected chi connectivity index (χ1v) is 8.36. The molecule has 4 fully saturated rings. The molecule has 2 heterocycles. The third kappa shape index (κ3) is 2.14. The standard InChI is InChI=1S/C17H26O4/c1-9-5-11-13(19-11)7-16(9,3)15(18)21-17(4)8-14-12(20-14)6-10(17)2/h9-14H,5-8H2,1-4H3. The number of esters is 1. The zero-order chi connectivity index (χ0) is 15.0. The lowest BCUT2D eigenvalue weighted by atomic mass is 9.68. The second-order valence-electron chi connectivity index (χ2n) is 8.23. The highest BCUT2D eigenvalue weighted by Gasteiger charge is 2.59. The van der Waals surface area contributed by atoms with Crippen molar-refractivity contribution in [3.05, 3.63) is 0 Å². The average Bonchev–Trinajstić information content (AvgIpc) is 3.28. The fraction of sp³-hybridized carbons (Fsp3) is 0.941. The molecule has 0 aromatic carbocycles. The van der Waals surface area contributed by atoms with Gasteiger partial charge in [0.05, 0.1) is 29.8 Å². The summed E-state index contributed by atoms with van der Waals surface area (Å²) in [7, 11) is 0. The summed E-state index contributed by atoms with van der Waals surface area (Å²) in [6.07, 6.45) is 5.05. The molecule has 4 rings (SSSR count). The minimum Gasteiger partial charge on any atom is -0.459 e. The first kappa shape index (κ1) is 14.0. The highest BCUT2D eigenvalue weighted by Crippen LogP contribution is 2.52. The van der Waals surface area contributed by atoms with E-state index in [2.05, 4.69) is 27.7 Å². The van der Waals surface area contributed by atoms with Crippen LogP contribution in [0.2, 0.25) is 0 Å². The number of ether oxygens (including phenoxy) is 3. The molecule has 118 valence electrons. The molecule has 0 aromatic rings. The molecule has 21 heavy (non-hydrogen) atoms. The Bertz CT molecular complexity index is 477. The van der Waals surface area contributed by atoms with Crippen molar-refractivity contribution in [2.24, 2.45) is 17.3 Å². The van der Waals surface area contributed by atoms with Crippen molar-refractivity contribution in [1.82, 2.24) is 0 Å².